The maximum Gasteiger partial charge on any atom is 0.0761 e. The maximum atomic E-state index is 5.60. The number of benzene rings is 7. The van der Waals surface area contributed by atoms with Gasteiger partial charge in [0.25, 0.3) is 0 Å². The van der Waals surface area contributed by atoms with Gasteiger partial charge in [0.05, 0.1) is 28.7 Å². The fourth-order valence-corrected chi connectivity index (χ4v) is 8.87. The summed E-state index contributed by atoms with van der Waals surface area (Å²) in [6.07, 6.45) is 0. The second-order valence-corrected chi connectivity index (χ2v) is 13.5. The summed E-state index contributed by atoms with van der Waals surface area (Å²) in [5, 5.41) is 6.22. The van der Waals surface area contributed by atoms with E-state index >= 15 is 0 Å². The van der Waals surface area contributed by atoms with Crippen molar-refractivity contribution in [3.05, 3.63) is 215 Å². The summed E-state index contributed by atoms with van der Waals surface area (Å²) < 4.78 is 2.37. The molecular formula is C48H35N3. The lowest BCUT2D eigenvalue weighted by molar-refractivity contribution is 0.792. The normalized spacial score (nSPS) is 14.3. The smallest absolute Gasteiger partial charge is 0.0761 e. The van der Waals surface area contributed by atoms with Crippen LogP contribution in [0.15, 0.2) is 186 Å². The van der Waals surface area contributed by atoms with E-state index < -0.39 is 5.41 Å². The molecule has 0 bridgehead atoms. The molecule has 3 nitrogen and oxygen atoms in total. The molecule has 51 heavy (non-hydrogen) atoms. The summed E-state index contributed by atoms with van der Waals surface area (Å²) in [6, 6.07) is 63.8. The molecule has 1 heterocycles. The Balaban J connectivity index is 1.15. The van der Waals surface area contributed by atoms with Gasteiger partial charge in [0, 0.05) is 45.9 Å². The lowest BCUT2D eigenvalue weighted by Gasteiger charge is -2.33. The minimum Gasteiger partial charge on any atom is -0.387 e. The number of aliphatic imine (C=N–C) groups is 1. The average Bonchev–Trinajstić information content (AvgIpc) is 3.80. The number of nitrogens with zero attached hydrogens (tertiary/aromatic N) is 2. The van der Waals surface area contributed by atoms with Gasteiger partial charge in [-0.1, -0.05) is 152 Å². The standard InChI is InChI=1S/C48H35N3/c1-49-47-39-21-7-12-24-42(39)48(40-22-10-5-17-35(40)36-18-6-11-23-41(36)48)45(47)46(33-15-3-2-4-16-33)50-31-32-27-29-34(30-28-32)51-43-25-13-8-19-37(43)38-20-9-14-26-44(38)51/h2-30,49H,31H2,1H3/b50-46-. The van der Waals surface area contributed by atoms with Crippen LogP contribution in [0.2, 0.25) is 0 Å². The molecule has 3 heteroatoms. The monoisotopic (exact) mass is 653 g/mol. The van der Waals surface area contributed by atoms with Crippen LogP contribution in [0.3, 0.4) is 0 Å². The van der Waals surface area contributed by atoms with Gasteiger partial charge in [-0.05, 0) is 57.6 Å². The predicted molar refractivity (Wildman–Crippen MR) is 212 cm³/mol. The number of hydrogen-bond acceptors (Lipinski definition) is 2. The molecule has 7 aromatic carbocycles. The van der Waals surface area contributed by atoms with E-state index in [9.17, 15) is 0 Å². The highest BCUT2D eigenvalue weighted by atomic mass is 15.0. The molecule has 0 radical (unpaired) electrons. The van der Waals surface area contributed by atoms with Crippen LogP contribution < -0.4 is 5.32 Å². The Morgan fingerprint density at radius 3 is 1.61 bits per heavy atom. The third-order valence-electron chi connectivity index (χ3n) is 10.9. The fourth-order valence-electron chi connectivity index (χ4n) is 8.87. The number of rotatable bonds is 6. The van der Waals surface area contributed by atoms with Crippen molar-refractivity contribution in [1.82, 2.24) is 9.88 Å². The molecule has 0 amide bonds. The van der Waals surface area contributed by atoms with E-state index in [-0.39, 0.29) is 0 Å². The second-order valence-electron chi connectivity index (χ2n) is 13.5. The van der Waals surface area contributed by atoms with Crippen LogP contribution in [0.5, 0.6) is 0 Å². The predicted octanol–water partition coefficient (Wildman–Crippen LogP) is 10.7. The summed E-state index contributed by atoms with van der Waals surface area (Å²) in [6.45, 7) is 0.549. The van der Waals surface area contributed by atoms with Gasteiger partial charge >= 0.3 is 0 Å². The molecule has 8 aromatic rings. The van der Waals surface area contributed by atoms with Gasteiger partial charge in [0.1, 0.15) is 0 Å². The highest BCUT2D eigenvalue weighted by Crippen LogP contribution is 2.61. The van der Waals surface area contributed by atoms with E-state index in [1.165, 1.54) is 60.8 Å². The Morgan fingerprint density at radius 1 is 0.529 bits per heavy atom. The lowest BCUT2D eigenvalue weighted by Crippen LogP contribution is -2.32. The Hall–Kier alpha value is -6.45. The Bertz CT molecular complexity index is 2590. The highest BCUT2D eigenvalue weighted by Gasteiger charge is 2.54. The van der Waals surface area contributed by atoms with Crippen molar-refractivity contribution in [2.24, 2.45) is 4.99 Å². The molecule has 10 rings (SSSR count). The number of nitrogens with one attached hydrogen (secondary N) is 1. The van der Waals surface area contributed by atoms with Crippen molar-refractivity contribution in [2.75, 3.05) is 7.05 Å². The van der Waals surface area contributed by atoms with Crippen molar-refractivity contribution in [3.63, 3.8) is 0 Å². The van der Waals surface area contributed by atoms with E-state index in [1.54, 1.807) is 0 Å². The molecular weight excluding hydrogens is 619 g/mol. The summed E-state index contributed by atoms with van der Waals surface area (Å²) in [5.41, 5.74) is 16.4. The van der Waals surface area contributed by atoms with Crippen LogP contribution >= 0.6 is 0 Å². The maximum absolute atomic E-state index is 5.60. The van der Waals surface area contributed by atoms with E-state index in [1.807, 2.05) is 7.05 Å². The minimum atomic E-state index is -0.517. The molecule has 2 aliphatic rings. The summed E-state index contributed by atoms with van der Waals surface area (Å²) in [4.78, 5) is 5.60. The first-order chi connectivity index (χ1) is 25.3. The SMILES string of the molecule is CNC1=C(/C(=N\Cc2ccc(-n3c4ccccc4c4ccccc43)cc2)c2ccccc2)C2(c3ccccc31)c1ccccc1-c1ccccc12. The molecule has 0 saturated heterocycles. The van der Waals surface area contributed by atoms with Crippen LogP contribution in [0.1, 0.15) is 33.4 Å². The third-order valence-corrected chi connectivity index (χ3v) is 10.9. The van der Waals surface area contributed by atoms with Gasteiger partial charge in [-0.15, -0.1) is 0 Å². The molecule has 0 saturated carbocycles. The van der Waals surface area contributed by atoms with E-state index in [2.05, 4.69) is 186 Å². The van der Waals surface area contributed by atoms with Crippen LogP contribution in [0.4, 0.5) is 0 Å². The van der Waals surface area contributed by atoms with Crippen LogP contribution in [-0.2, 0) is 12.0 Å². The Morgan fingerprint density at radius 2 is 1.02 bits per heavy atom. The molecule has 0 unspecified atom stereocenters. The summed E-state index contributed by atoms with van der Waals surface area (Å²) in [7, 11) is 2.05. The van der Waals surface area contributed by atoms with Gasteiger partial charge in [-0.3, -0.25) is 4.99 Å². The summed E-state index contributed by atoms with van der Waals surface area (Å²) in [5.74, 6) is 0. The first-order valence-electron chi connectivity index (χ1n) is 17.7. The molecule has 0 atom stereocenters. The number of para-hydroxylation sites is 2. The van der Waals surface area contributed by atoms with Gasteiger partial charge in [-0.25, -0.2) is 0 Å². The molecule has 2 aliphatic carbocycles. The van der Waals surface area contributed by atoms with E-state index in [0.29, 0.717) is 6.54 Å². The summed E-state index contributed by atoms with van der Waals surface area (Å²) >= 11 is 0. The molecule has 1 aromatic heterocycles. The first-order valence-corrected chi connectivity index (χ1v) is 17.7. The van der Waals surface area contributed by atoms with Crippen LogP contribution in [-0.4, -0.2) is 17.3 Å². The topological polar surface area (TPSA) is 29.3 Å². The van der Waals surface area contributed by atoms with Gasteiger partial charge in [0.2, 0.25) is 0 Å². The van der Waals surface area contributed by atoms with E-state index in [4.69, 9.17) is 4.99 Å². The second kappa shape index (κ2) is 11.6. The molecule has 1 spiro atoms. The number of fused-ring (bicyclic) bond motifs is 10. The highest BCUT2D eigenvalue weighted by molar-refractivity contribution is 6.22. The average molecular weight is 654 g/mol. The van der Waals surface area contributed by atoms with Crippen molar-refractivity contribution in [1.29, 1.82) is 0 Å². The van der Waals surface area contributed by atoms with Crippen molar-refractivity contribution in [3.8, 4) is 16.8 Å². The zero-order valence-corrected chi connectivity index (χ0v) is 28.3. The van der Waals surface area contributed by atoms with Gasteiger partial charge in [0.15, 0.2) is 0 Å². The lowest BCUT2D eigenvalue weighted by atomic mass is 9.68. The first kappa shape index (κ1) is 29.5. The zero-order chi connectivity index (χ0) is 33.9. The number of allylic oxidation sites excluding steroid dienone is 1. The molecule has 1 N–H and O–H groups in total. The van der Waals surface area contributed by atoms with Gasteiger partial charge in [-0.2, -0.15) is 0 Å². The minimum absolute atomic E-state index is 0.517. The van der Waals surface area contributed by atoms with E-state index in [0.717, 1.165) is 28.2 Å². The fraction of sp³-hybridized carbons (Fsp3) is 0.0625. The zero-order valence-electron chi connectivity index (χ0n) is 28.3. The third kappa shape index (κ3) is 4.22. The number of aromatic nitrogens is 1. The molecule has 0 aliphatic heterocycles. The Kier molecular flexibility index (Phi) is 6.68. The van der Waals surface area contributed by atoms with Gasteiger partial charge < -0.3 is 9.88 Å². The largest absolute Gasteiger partial charge is 0.387 e. The van der Waals surface area contributed by atoms with Crippen molar-refractivity contribution < 1.29 is 0 Å². The quantitative estimate of drug-likeness (QED) is 0.178. The van der Waals surface area contributed by atoms with Crippen LogP contribution in [0.25, 0.3) is 44.3 Å². The van der Waals surface area contributed by atoms with Crippen LogP contribution in [0, 0.1) is 0 Å². The Labute approximate surface area is 297 Å². The van der Waals surface area contributed by atoms with Crippen molar-refractivity contribution in [2.45, 2.75) is 12.0 Å². The molecule has 242 valence electrons. The number of hydrogen-bond donors (Lipinski definition) is 1. The van der Waals surface area contributed by atoms with Crippen molar-refractivity contribution >= 4 is 33.2 Å². The molecule has 0 fully saturated rings.